The number of ether oxygens (including phenoxy) is 2. The molecule has 0 aliphatic carbocycles. The first-order valence-electron chi connectivity index (χ1n) is 6.43. The second-order valence-corrected chi connectivity index (χ2v) is 4.67. The monoisotopic (exact) mass is 265 g/mol. The molecule has 1 aromatic carbocycles. The standard InChI is InChI=1S/C15H23NO3/c1-11(17)7-6-10-16(3)13-8-9-14(18-4)12(2)15(13)19-5/h8-9H,6-7,10H2,1-5H3. The zero-order valence-electron chi connectivity index (χ0n) is 12.4. The minimum Gasteiger partial charge on any atom is -0.496 e. The van der Waals surface area contributed by atoms with Crippen LogP contribution in [0.1, 0.15) is 25.3 Å². The van der Waals surface area contributed by atoms with Crippen molar-refractivity contribution in [3.05, 3.63) is 17.7 Å². The number of Topliss-reactive ketones (excluding diaryl/α,β-unsaturated/α-hetero) is 1. The van der Waals surface area contributed by atoms with Crippen molar-refractivity contribution in [2.24, 2.45) is 0 Å². The Morgan fingerprint density at radius 2 is 1.95 bits per heavy atom. The lowest BCUT2D eigenvalue weighted by Crippen LogP contribution is -2.20. The summed E-state index contributed by atoms with van der Waals surface area (Å²) in [5.74, 6) is 1.87. The van der Waals surface area contributed by atoms with Crippen LogP contribution >= 0.6 is 0 Å². The smallest absolute Gasteiger partial charge is 0.148 e. The first-order chi connectivity index (χ1) is 9.01. The highest BCUT2D eigenvalue weighted by Gasteiger charge is 2.14. The highest BCUT2D eigenvalue weighted by atomic mass is 16.5. The molecule has 1 aromatic rings. The molecule has 19 heavy (non-hydrogen) atoms. The maximum absolute atomic E-state index is 11.0. The van der Waals surface area contributed by atoms with Crippen LogP contribution in [0, 0.1) is 6.92 Å². The van der Waals surface area contributed by atoms with Gasteiger partial charge < -0.3 is 19.2 Å². The fraction of sp³-hybridized carbons (Fsp3) is 0.533. The molecular weight excluding hydrogens is 242 g/mol. The topological polar surface area (TPSA) is 38.8 Å². The summed E-state index contributed by atoms with van der Waals surface area (Å²) in [4.78, 5) is 13.1. The Hall–Kier alpha value is -1.71. The summed E-state index contributed by atoms with van der Waals surface area (Å²) >= 11 is 0. The summed E-state index contributed by atoms with van der Waals surface area (Å²) in [5.41, 5.74) is 2.00. The number of hydrogen-bond donors (Lipinski definition) is 0. The normalized spacial score (nSPS) is 10.2. The molecule has 0 bridgehead atoms. The molecule has 1 rings (SSSR count). The summed E-state index contributed by atoms with van der Waals surface area (Å²) in [5, 5.41) is 0. The van der Waals surface area contributed by atoms with E-state index >= 15 is 0 Å². The number of methoxy groups -OCH3 is 2. The summed E-state index contributed by atoms with van der Waals surface area (Å²) in [6.45, 7) is 4.42. The maximum Gasteiger partial charge on any atom is 0.148 e. The van der Waals surface area contributed by atoms with Gasteiger partial charge in [-0.1, -0.05) is 0 Å². The molecule has 0 aliphatic heterocycles. The highest BCUT2D eigenvalue weighted by molar-refractivity contribution is 5.75. The predicted octanol–water partition coefficient (Wildman–Crippen LogP) is 2.82. The van der Waals surface area contributed by atoms with Gasteiger partial charge in [0.25, 0.3) is 0 Å². The van der Waals surface area contributed by atoms with Gasteiger partial charge in [0.15, 0.2) is 0 Å². The van der Waals surface area contributed by atoms with E-state index in [4.69, 9.17) is 9.47 Å². The van der Waals surface area contributed by atoms with Crippen LogP contribution in [0.5, 0.6) is 11.5 Å². The number of anilines is 1. The lowest BCUT2D eigenvalue weighted by Gasteiger charge is -2.23. The molecule has 0 saturated heterocycles. The van der Waals surface area contributed by atoms with Gasteiger partial charge >= 0.3 is 0 Å². The van der Waals surface area contributed by atoms with Crippen LogP contribution in [-0.2, 0) is 4.79 Å². The number of rotatable bonds is 7. The molecule has 0 spiro atoms. The third kappa shape index (κ3) is 3.88. The van der Waals surface area contributed by atoms with Gasteiger partial charge in [-0.25, -0.2) is 0 Å². The number of benzene rings is 1. The lowest BCUT2D eigenvalue weighted by molar-refractivity contribution is -0.117. The van der Waals surface area contributed by atoms with Gasteiger partial charge in [-0.2, -0.15) is 0 Å². The Labute approximate surface area is 115 Å². The zero-order valence-corrected chi connectivity index (χ0v) is 12.4. The Morgan fingerprint density at radius 3 is 2.47 bits per heavy atom. The minimum absolute atomic E-state index is 0.228. The van der Waals surface area contributed by atoms with Gasteiger partial charge in [-0.3, -0.25) is 0 Å². The van der Waals surface area contributed by atoms with E-state index in [1.807, 2.05) is 26.1 Å². The fourth-order valence-electron chi connectivity index (χ4n) is 2.12. The minimum atomic E-state index is 0.228. The van der Waals surface area contributed by atoms with Gasteiger partial charge in [-0.15, -0.1) is 0 Å². The molecule has 0 unspecified atom stereocenters. The quantitative estimate of drug-likeness (QED) is 0.760. The van der Waals surface area contributed by atoms with Crippen molar-refractivity contribution in [3.8, 4) is 11.5 Å². The first-order valence-corrected chi connectivity index (χ1v) is 6.43. The van der Waals surface area contributed by atoms with Crippen LogP contribution in [-0.4, -0.2) is 33.6 Å². The highest BCUT2D eigenvalue weighted by Crippen LogP contribution is 2.36. The molecule has 4 nitrogen and oxygen atoms in total. The van der Waals surface area contributed by atoms with E-state index in [-0.39, 0.29) is 5.78 Å². The molecular formula is C15H23NO3. The Balaban J connectivity index is 2.87. The van der Waals surface area contributed by atoms with Crippen LogP contribution < -0.4 is 14.4 Å². The van der Waals surface area contributed by atoms with Gasteiger partial charge in [0, 0.05) is 25.6 Å². The van der Waals surface area contributed by atoms with Crippen molar-refractivity contribution in [3.63, 3.8) is 0 Å². The number of carbonyl (C=O) groups is 1. The van der Waals surface area contributed by atoms with Crippen molar-refractivity contribution in [1.82, 2.24) is 0 Å². The number of ketones is 1. The van der Waals surface area contributed by atoms with Crippen LogP contribution in [0.25, 0.3) is 0 Å². The molecule has 0 saturated carbocycles. The third-order valence-electron chi connectivity index (χ3n) is 3.19. The molecule has 0 N–H and O–H groups in total. The van der Waals surface area contributed by atoms with Gasteiger partial charge in [0.2, 0.25) is 0 Å². The van der Waals surface area contributed by atoms with Crippen LogP contribution in [0.2, 0.25) is 0 Å². The zero-order chi connectivity index (χ0) is 14.4. The fourth-order valence-corrected chi connectivity index (χ4v) is 2.12. The Morgan fingerprint density at radius 1 is 1.26 bits per heavy atom. The molecule has 0 amide bonds. The van der Waals surface area contributed by atoms with Crippen LogP contribution in [0.15, 0.2) is 12.1 Å². The Bertz CT molecular complexity index is 443. The van der Waals surface area contributed by atoms with E-state index in [0.29, 0.717) is 6.42 Å². The number of hydrogen-bond acceptors (Lipinski definition) is 4. The number of nitrogens with zero attached hydrogens (tertiary/aromatic N) is 1. The molecule has 4 heteroatoms. The summed E-state index contributed by atoms with van der Waals surface area (Å²) in [6.07, 6.45) is 1.46. The van der Waals surface area contributed by atoms with E-state index in [0.717, 1.165) is 35.7 Å². The second-order valence-electron chi connectivity index (χ2n) is 4.67. The largest absolute Gasteiger partial charge is 0.496 e. The van der Waals surface area contributed by atoms with Crippen molar-refractivity contribution in [2.45, 2.75) is 26.7 Å². The van der Waals surface area contributed by atoms with E-state index in [1.165, 1.54) is 0 Å². The van der Waals surface area contributed by atoms with Crippen molar-refractivity contribution >= 4 is 11.5 Å². The Kier molecular flexibility index (Phi) is 5.67. The molecule has 0 fully saturated rings. The van der Waals surface area contributed by atoms with E-state index < -0.39 is 0 Å². The van der Waals surface area contributed by atoms with E-state index in [9.17, 15) is 4.79 Å². The SMILES string of the molecule is COc1ccc(N(C)CCCC(C)=O)c(OC)c1C. The van der Waals surface area contributed by atoms with E-state index in [1.54, 1.807) is 21.1 Å². The van der Waals surface area contributed by atoms with Crippen molar-refractivity contribution in [2.75, 3.05) is 32.7 Å². The summed E-state index contributed by atoms with van der Waals surface area (Å²) < 4.78 is 10.8. The van der Waals surface area contributed by atoms with E-state index in [2.05, 4.69) is 4.90 Å². The average molecular weight is 265 g/mol. The van der Waals surface area contributed by atoms with Gasteiger partial charge in [0.05, 0.1) is 19.9 Å². The third-order valence-corrected chi connectivity index (χ3v) is 3.19. The predicted molar refractivity (Wildman–Crippen MR) is 77.5 cm³/mol. The number of carbonyl (C=O) groups excluding carboxylic acids is 1. The summed E-state index contributed by atoms with van der Waals surface area (Å²) in [7, 11) is 5.32. The molecule has 106 valence electrons. The summed E-state index contributed by atoms with van der Waals surface area (Å²) in [6, 6.07) is 3.92. The van der Waals surface area contributed by atoms with Crippen LogP contribution in [0.4, 0.5) is 5.69 Å². The molecule has 0 radical (unpaired) electrons. The van der Waals surface area contributed by atoms with Gasteiger partial charge in [0.1, 0.15) is 17.3 Å². The molecule has 0 aliphatic rings. The molecule has 0 aromatic heterocycles. The van der Waals surface area contributed by atoms with Crippen molar-refractivity contribution in [1.29, 1.82) is 0 Å². The second kappa shape index (κ2) is 7.02. The van der Waals surface area contributed by atoms with Gasteiger partial charge in [-0.05, 0) is 32.4 Å². The molecule has 0 heterocycles. The van der Waals surface area contributed by atoms with Crippen LogP contribution in [0.3, 0.4) is 0 Å². The maximum atomic E-state index is 11.0. The molecule has 0 atom stereocenters. The average Bonchev–Trinajstić information content (AvgIpc) is 2.37. The van der Waals surface area contributed by atoms with Crippen molar-refractivity contribution < 1.29 is 14.3 Å². The lowest BCUT2D eigenvalue weighted by atomic mass is 10.1. The first kappa shape index (κ1) is 15.3.